The van der Waals surface area contributed by atoms with E-state index in [0.29, 0.717) is 34.6 Å². The molecule has 0 radical (unpaired) electrons. The van der Waals surface area contributed by atoms with Crippen molar-refractivity contribution in [1.82, 2.24) is 9.97 Å². The number of carbonyl (C=O) groups excluding carboxylic acids is 1. The van der Waals surface area contributed by atoms with Crippen LogP contribution in [0.15, 0.2) is 36.4 Å². The van der Waals surface area contributed by atoms with Gasteiger partial charge in [0.05, 0.1) is 11.9 Å². The van der Waals surface area contributed by atoms with E-state index >= 15 is 0 Å². The van der Waals surface area contributed by atoms with Crippen LogP contribution in [0, 0.1) is 6.92 Å². The fourth-order valence-corrected chi connectivity index (χ4v) is 3.79. The molecular formula is C21H23N2O6P. The summed E-state index contributed by atoms with van der Waals surface area (Å²) in [5.41, 5.74) is 3.86. The van der Waals surface area contributed by atoms with Gasteiger partial charge in [0.25, 0.3) is 0 Å². The van der Waals surface area contributed by atoms with Gasteiger partial charge in [-0.1, -0.05) is 0 Å². The molecule has 0 bridgehead atoms. The third kappa shape index (κ3) is 5.16. The Labute approximate surface area is 173 Å². The van der Waals surface area contributed by atoms with Gasteiger partial charge in [-0.2, -0.15) is 0 Å². The first-order valence-corrected chi connectivity index (χ1v) is 11.2. The summed E-state index contributed by atoms with van der Waals surface area (Å²) in [4.78, 5) is 37.0. The summed E-state index contributed by atoms with van der Waals surface area (Å²) in [7, 11) is -4.23. The lowest BCUT2D eigenvalue weighted by Gasteiger charge is -2.12. The molecule has 2 aromatic carbocycles. The van der Waals surface area contributed by atoms with Gasteiger partial charge in [0.1, 0.15) is 23.6 Å². The Kier molecular flexibility index (Phi) is 6.41. The number of rotatable bonds is 8. The quantitative estimate of drug-likeness (QED) is 0.272. The van der Waals surface area contributed by atoms with Crippen LogP contribution in [-0.2, 0) is 22.2 Å². The lowest BCUT2D eigenvalue weighted by atomic mass is 9.99. The molecule has 5 N–H and O–H groups in total. The van der Waals surface area contributed by atoms with E-state index in [2.05, 4.69) is 9.97 Å². The number of aromatic nitrogens is 2. The first kappa shape index (κ1) is 21.8. The molecule has 3 aromatic rings. The molecule has 3 rings (SSSR count). The van der Waals surface area contributed by atoms with Gasteiger partial charge in [-0.3, -0.25) is 4.57 Å². The zero-order valence-corrected chi connectivity index (χ0v) is 17.3. The van der Waals surface area contributed by atoms with Crippen LogP contribution in [0.3, 0.4) is 0 Å². The molecule has 0 aliphatic carbocycles. The molecular weight excluding hydrogens is 407 g/mol. The Morgan fingerprint density at radius 1 is 1.03 bits per heavy atom. The minimum Gasteiger partial charge on any atom is -0.508 e. The molecule has 1 heterocycles. The molecule has 0 atom stereocenters. The van der Waals surface area contributed by atoms with Crippen molar-refractivity contribution in [2.24, 2.45) is 0 Å². The Hall–Kier alpha value is -2.93. The number of hydrogen-bond donors (Lipinski definition) is 5. The standard InChI is InChI=1S/C21H23N2O6P/c1-13-19(14-4-6-18(25)7-5-14)23-21(22-13)17-11-15(3-2-9-24)20(26)16(12-17)8-10-30(27,28)29/h4-7,9,11-12,25-26H,2-3,8,10H2,1H3,(H,22,23)(H2,27,28,29). The summed E-state index contributed by atoms with van der Waals surface area (Å²) >= 11 is 0. The minimum atomic E-state index is -4.23. The van der Waals surface area contributed by atoms with Crippen LogP contribution in [0.4, 0.5) is 0 Å². The van der Waals surface area contributed by atoms with Gasteiger partial charge in [-0.05, 0) is 67.3 Å². The van der Waals surface area contributed by atoms with E-state index in [4.69, 9.17) is 0 Å². The molecule has 158 valence electrons. The average Bonchev–Trinajstić information content (AvgIpc) is 3.08. The van der Waals surface area contributed by atoms with Crippen molar-refractivity contribution < 1.29 is 29.4 Å². The second-order valence-corrected chi connectivity index (χ2v) is 8.87. The highest BCUT2D eigenvalue weighted by molar-refractivity contribution is 7.51. The summed E-state index contributed by atoms with van der Waals surface area (Å²) in [6.45, 7) is 1.86. The average molecular weight is 430 g/mol. The van der Waals surface area contributed by atoms with E-state index in [0.717, 1.165) is 17.5 Å². The zero-order valence-electron chi connectivity index (χ0n) is 16.4. The number of phenols is 2. The van der Waals surface area contributed by atoms with Crippen LogP contribution in [-0.4, -0.2) is 42.4 Å². The number of benzene rings is 2. The number of hydrogen-bond acceptors (Lipinski definition) is 5. The van der Waals surface area contributed by atoms with Crippen molar-refractivity contribution >= 4 is 13.9 Å². The van der Waals surface area contributed by atoms with Crippen LogP contribution in [0.2, 0.25) is 0 Å². The predicted molar refractivity (Wildman–Crippen MR) is 113 cm³/mol. The number of aldehydes is 1. The van der Waals surface area contributed by atoms with E-state index in [1.54, 1.807) is 36.4 Å². The summed E-state index contributed by atoms with van der Waals surface area (Å²) in [5, 5.41) is 20.0. The van der Waals surface area contributed by atoms with Gasteiger partial charge in [0.2, 0.25) is 0 Å². The lowest BCUT2D eigenvalue weighted by molar-refractivity contribution is -0.107. The van der Waals surface area contributed by atoms with Crippen molar-refractivity contribution in [2.75, 3.05) is 6.16 Å². The molecule has 0 spiro atoms. The van der Waals surface area contributed by atoms with Gasteiger partial charge >= 0.3 is 7.60 Å². The maximum absolute atomic E-state index is 11.3. The van der Waals surface area contributed by atoms with Gasteiger partial charge in [0.15, 0.2) is 0 Å². The summed E-state index contributed by atoms with van der Waals surface area (Å²) in [6, 6.07) is 10.0. The molecule has 8 nitrogen and oxygen atoms in total. The number of phenolic OH excluding ortho intramolecular Hbond substituents is 2. The Balaban J connectivity index is 2.03. The summed E-state index contributed by atoms with van der Waals surface area (Å²) < 4.78 is 11.3. The number of nitrogens with zero attached hydrogens (tertiary/aromatic N) is 1. The van der Waals surface area contributed by atoms with Crippen LogP contribution in [0.1, 0.15) is 23.2 Å². The molecule has 0 saturated heterocycles. The van der Waals surface area contributed by atoms with Crippen LogP contribution in [0.5, 0.6) is 11.5 Å². The number of nitrogens with one attached hydrogen (secondary N) is 1. The zero-order chi connectivity index (χ0) is 21.9. The van der Waals surface area contributed by atoms with Crippen LogP contribution in [0.25, 0.3) is 22.6 Å². The maximum atomic E-state index is 11.3. The smallest absolute Gasteiger partial charge is 0.325 e. The van der Waals surface area contributed by atoms with Gasteiger partial charge in [-0.15, -0.1) is 0 Å². The second-order valence-electron chi connectivity index (χ2n) is 7.09. The largest absolute Gasteiger partial charge is 0.508 e. The monoisotopic (exact) mass is 430 g/mol. The van der Waals surface area contributed by atoms with Crippen molar-refractivity contribution in [3.63, 3.8) is 0 Å². The van der Waals surface area contributed by atoms with Gasteiger partial charge < -0.3 is 29.8 Å². The third-order valence-electron chi connectivity index (χ3n) is 4.77. The first-order chi connectivity index (χ1) is 14.2. The first-order valence-electron chi connectivity index (χ1n) is 9.37. The molecule has 0 aliphatic rings. The third-order valence-corrected chi connectivity index (χ3v) is 5.58. The molecule has 0 unspecified atom stereocenters. The molecule has 0 fully saturated rings. The number of carbonyl (C=O) groups is 1. The summed E-state index contributed by atoms with van der Waals surface area (Å²) in [6.07, 6.45) is 0.860. The van der Waals surface area contributed by atoms with E-state index < -0.39 is 13.8 Å². The maximum Gasteiger partial charge on any atom is 0.325 e. The number of aromatic hydroxyl groups is 2. The van der Waals surface area contributed by atoms with E-state index in [1.165, 1.54) is 0 Å². The molecule has 0 amide bonds. The number of H-pyrrole nitrogens is 1. The van der Waals surface area contributed by atoms with Gasteiger partial charge in [-0.25, -0.2) is 4.98 Å². The fourth-order valence-electron chi connectivity index (χ4n) is 3.26. The lowest BCUT2D eigenvalue weighted by Crippen LogP contribution is -1.99. The highest BCUT2D eigenvalue weighted by atomic mass is 31.2. The molecule has 0 saturated carbocycles. The molecule has 30 heavy (non-hydrogen) atoms. The Morgan fingerprint density at radius 2 is 1.67 bits per heavy atom. The fraction of sp³-hybridized carbons (Fsp3) is 0.238. The highest BCUT2D eigenvalue weighted by Gasteiger charge is 2.19. The Bertz CT molecular complexity index is 1100. The van der Waals surface area contributed by atoms with E-state index in [-0.39, 0.29) is 24.3 Å². The van der Waals surface area contributed by atoms with Crippen LogP contribution >= 0.6 is 7.60 Å². The predicted octanol–water partition coefficient (Wildman–Crippen LogP) is 3.32. The molecule has 9 heteroatoms. The van der Waals surface area contributed by atoms with E-state index in [9.17, 15) is 29.4 Å². The SMILES string of the molecule is Cc1[nH]c(-c2cc(CCC=O)c(O)c(CCP(=O)(O)O)c2)nc1-c1ccc(O)cc1. The van der Waals surface area contributed by atoms with Crippen LogP contribution < -0.4 is 0 Å². The minimum absolute atomic E-state index is 0.0114. The van der Waals surface area contributed by atoms with Crippen molar-refractivity contribution in [3.8, 4) is 34.1 Å². The highest BCUT2D eigenvalue weighted by Crippen LogP contribution is 2.38. The normalized spacial score (nSPS) is 11.6. The number of imidazole rings is 1. The van der Waals surface area contributed by atoms with E-state index in [1.807, 2.05) is 6.92 Å². The topological polar surface area (TPSA) is 144 Å². The number of aryl methyl sites for hydroxylation is 3. The molecule has 1 aromatic heterocycles. The van der Waals surface area contributed by atoms with Crippen molar-refractivity contribution in [1.29, 1.82) is 0 Å². The second kappa shape index (κ2) is 8.83. The van der Waals surface area contributed by atoms with Gasteiger partial charge in [0, 0.05) is 23.2 Å². The summed E-state index contributed by atoms with van der Waals surface area (Å²) in [5.74, 6) is 0.622. The molecule has 0 aliphatic heterocycles. The Morgan fingerprint density at radius 3 is 2.27 bits per heavy atom. The van der Waals surface area contributed by atoms with Crippen molar-refractivity contribution in [3.05, 3.63) is 53.2 Å². The van der Waals surface area contributed by atoms with Crippen molar-refractivity contribution in [2.45, 2.75) is 26.2 Å². The number of aromatic amines is 1.